The van der Waals surface area contributed by atoms with E-state index in [1.807, 2.05) is 19.9 Å². The summed E-state index contributed by atoms with van der Waals surface area (Å²) >= 11 is 0. The Labute approximate surface area is 91.4 Å². The molecule has 0 aliphatic heterocycles. The van der Waals surface area contributed by atoms with Gasteiger partial charge >= 0.3 is 0 Å². The maximum Gasteiger partial charge on any atom is 0.222 e. The van der Waals surface area contributed by atoms with E-state index in [9.17, 15) is 4.79 Å². The van der Waals surface area contributed by atoms with E-state index in [2.05, 4.69) is 0 Å². The van der Waals surface area contributed by atoms with Crippen LogP contribution < -0.4 is 0 Å². The molecular formula is C12H20O3. The Morgan fingerprint density at radius 1 is 1.33 bits per heavy atom. The highest BCUT2D eigenvalue weighted by atomic mass is 16.7. The molecule has 0 radical (unpaired) electrons. The summed E-state index contributed by atoms with van der Waals surface area (Å²) in [7, 11) is 0. The summed E-state index contributed by atoms with van der Waals surface area (Å²) in [6.07, 6.45) is 5.50. The molecule has 0 spiro atoms. The van der Waals surface area contributed by atoms with Gasteiger partial charge in [-0.3, -0.25) is 4.79 Å². The minimum absolute atomic E-state index is 0.0124. The maximum atomic E-state index is 12.0. The maximum absolute atomic E-state index is 12.0. The molecule has 15 heavy (non-hydrogen) atoms. The fraction of sp³-hybridized carbons (Fsp3) is 0.750. The number of ketones is 1. The number of carbonyl (C=O) groups excluding carboxylic acids is 1. The number of allylic oxidation sites excluding steroid dienone is 1. The minimum atomic E-state index is -0.690. The molecule has 1 aliphatic rings. The van der Waals surface area contributed by atoms with E-state index in [4.69, 9.17) is 9.47 Å². The number of carbonyl (C=O) groups is 1. The van der Waals surface area contributed by atoms with E-state index < -0.39 is 6.29 Å². The van der Waals surface area contributed by atoms with Crippen molar-refractivity contribution in [2.45, 2.75) is 45.8 Å². The first-order chi connectivity index (χ1) is 7.29. The highest BCUT2D eigenvalue weighted by Gasteiger charge is 2.23. The lowest BCUT2D eigenvalue weighted by atomic mass is 9.96. The van der Waals surface area contributed by atoms with Crippen molar-refractivity contribution < 1.29 is 14.3 Å². The van der Waals surface area contributed by atoms with E-state index in [-0.39, 0.29) is 5.78 Å². The lowest BCUT2D eigenvalue weighted by Gasteiger charge is -2.19. The molecule has 0 heterocycles. The van der Waals surface area contributed by atoms with Crippen molar-refractivity contribution in [1.82, 2.24) is 0 Å². The molecule has 1 aliphatic carbocycles. The predicted octanol–water partition coefficient (Wildman–Crippen LogP) is 2.46. The Kier molecular flexibility index (Phi) is 5.58. The van der Waals surface area contributed by atoms with E-state index in [1.165, 1.54) is 6.42 Å². The number of Topliss-reactive ketones (excluding diaryl/α,β-unsaturated/α-hetero) is 1. The van der Waals surface area contributed by atoms with Gasteiger partial charge in [-0.2, -0.15) is 0 Å². The van der Waals surface area contributed by atoms with Gasteiger partial charge in [-0.1, -0.05) is 6.08 Å². The molecule has 0 aromatic carbocycles. The van der Waals surface area contributed by atoms with Crippen LogP contribution in [0.15, 0.2) is 11.6 Å². The Hall–Kier alpha value is -0.670. The van der Waals surface area contributed by atoms with Crippen molar-refractivity contribution in [2.24, 2.45) is 0 Å². The average molecular weight is 212 g/mol. The summed E-state index contributed by atoms with van der Waals surface area (Å²) in [5.41, 5.74) is 0.883. The van der Waals surface area contributed by atoms with Gasteiger partial charge in [0.05, 0.1) is 0 Å². The molecule has 3 nitrogen and oxygen atoms in total. The van der Waals surface area contributed by atoms with Gasteiger partial charge in [0.2, 0.25) is 12.1 Å². The number of rotatable bonds is 6. The first kappa shape index (κ1) is 12.4. The zero-order valence-corrected chi connectivity index (χ0v) is 9.62. The first-order valence-electron chi connectivity index (χ1n) is 5.76. The van der Waals surface area contributed by atoms with Crippen LogP contribution in [0.4, 0.5) is 0 Å². The van der Waals surface area contributed by atoms with Gasteiger partial charge in [0.1, 0.15) is 0 Å². The van der Waals surface area contributed by atoms with Crippen molar-refractivity contribution >= 4 is 5.78 Å². The van der Waals surface area contributed by atoms with Crippen LogP contribution in [0.25, 0.3) is 0 Å². The van der Waals surface area contributed by atoms with Crippen LogP contribution in [0.2, 0.25) is 0 Å². The van der Waals surface area contributed by atoms with Crippen molar-refractivity contribution in [3.8, 4) is 0 Å². The Bertz CT molecular complexity index is 227. The van der Waals surface area contributed by atoms with Gasteiger partial charge in [0.15, 0.2) is 0 Å². The Balaban J connectivity index is 2.57. The smallest absolute Gasteiger partial charge is 0.222 e. The van der Waals surface area contributed by atoms with Crippen LogP contribution in [-0.4, -0.2) is 25.3 Å². The van der Waals surface area contributed by atoms with Crippen LogP contribution in [0.1, 0.15) is 39.5 Å². The normalized spacial score (nSPS) is 16.6. The Morgan fingerprint density at radius 3 is 2.47 bits per heavy atom. The van der Waals surface area contributed by atoms with Crippen molar-refractivity contribution in [1.29, 1.82) is 0 Å². The number of ether oxygens (including phenoxy) is 2. The van der Waals surface area contributed by atoms with Gasteiger partial charge < -0.3 is 9.47 Å². The molecule has 0 atom stereocenters. The summed E-state index contributed by atoms with van der Waals surface area (Å²) in [5, 5.41) is 0. The van der Waals surface area contributed by atoms with E-state index in [0.717, 1.165) is 24.8 Å². The molecule has 0 unspecified atom stereocenters. The molecule has 86 valence electrons. The van der Waals surface area contributed by atoms with Gasteiger partial charge in [-0.05, 0) is 45.1 Å². The second-order valence-electron chi connectivity index (χ2n) is 3.58. The number of hydrogen-bond donors (Lipinski definition) is 0. The molecule has 0 aromatic rings. The van der Waals surface area contributed by atoms with E-state index in [1.54, 1.807) is 0 Å². The van der Waals surface area contributed by atoms with Crippen molar-refractivity contribution in [3.63, 3.8) is 0 Å². The number of hydrogen-bond acceptors (Lipinski definition) is 3. The van der Waals surface area contributed by atoms with Gasteiger partial charge in [-0.25, -0.2) is 0 Å². The lowest BCUT2D eigenvalue weighted by molar-refractivity contribution is -0.164. The highest BCUT2D eigenvalue weighted by Crippen LogP contribution is 2.20. The molecule has 0 bridgehead atoms. The molecule has 1 rings (SSSR count). The fourth-order valence-electron chi connectivity index (χ4n) is 1.72. The predicted molar refractivity (Wildman–Crippen MR) is 58.6 cm³/mol. The molecule has 0 amide bonds. The lowest BCUT2D eigenvalue weighted by Crippen LogP contribution is -2.29. The minimum Gasteiger partial charge on any atom is -0.346 e. The zero-order chi connectivity index (χ0) is 11.1. The summed E-state index contributed by atoms with van der Waals surface area (Å²) in [4.78, 5) is 12.0. The Morgan fingerprint density at radius 2 is 2.00 bits per heavy atom. The van der Waals surface area contributed by atoms with E-state index >= 15 is 0 Å². The standard InChI is InChI=1S/C12H20O3/c1-3-14-12(15-4-2)11(13)10-8-6-5-7-9-10/h8,12H,3-7,9H2,1-2H3. The quantitative estimate of drug-likeness (QED) is 0.634. The van der Waals surface area contributed by atoms with Crippen LogP contribution in [0.5, 0.6) is 0 Å². The van der Waals surface area contributed by atoms with Crippen LogP contribution in [0.3, 0.4) is 0 Å². The summed E-state index contributed by atoms with van der Waals surface area (Å²) in [6.45, 7) is 4.75. The summed E-state index contributed by atoms with van der Waals surface area (Å²) < 4.78 is 10.6. The van der Waals surface area contributed by atoms with Crippen LogP contribution in [0, 0.1) is 0 Å². The molecule has 3 heteroatoms. The summed E-state index contributed by atoms with van der Waals surface area (Å²) in [5.74, 6) is 0.0124. The average Bonchev–Trinajstić information content (AvgIpc) is 2.29. The molecule has 0 N–H and O–H groups in total. The third-order valence-corrected chi connectivity index (χ3v) is 2.46. The molecular weight excluding hydrogens is 192 g/mol. The second-order valence-corrected chi connectivity index (χ2v) is 3.58. The highest BCUT2D eigenvalue weighted by molar-refractivity contribution is 5.98. The second kappa shape index (κ2) is 6.75. The monoisotopic (exact) mass is 212 g/mol. The first-order valence-corrected chi connectivity index (χ1v) is 5.76. The van der Waals surface area contributed by atoms with Gasteiger partial charge in [0.25, 0.3) is 0 Å². The molecule has 0 fully saturated rings. The third-order valence-electron chi connectivity index (χ3n) is 2.46. The van der Waals surface area contributed by atoms with Gasteiger partial charge in [0, 0.05) is 13.2 Å². The fourth-order valence-corrected chi connectivity index (χ4v) is 1.72. The van der Waals surface area contributed by atoms with Gasteiger partial charge in [-0.15, -0.1) is 0 Å². The van der Waals surface area contributed by atoms with Crippen LogP contribution in [-0.2, 0) is 14.3 Å². The summed E-state index contributed by atoms with van der Waals surface area (Å²) in [6, 6.07) is 0. The van der Waals surface area contributed by atoms with E-state index in [0.29, 0.717) is 13.2 Å². The molecule has 0 aromatic heterocycles. The molecule has 0 saturated carbocycles. The SMILES string of the molecule is CCOC(OCC)C(=O)C1=CCCCC1. The zero-order valence-electron chi connectivity index (χ0n) is 9.62. The van der Waals surface area contributed by atoms with Crippen molar-refractivity contribution in [2.75, 3.05) is 13.2 Å². The topological polar surface area (TPSA) is 35.5 Å². The van der Waals surface area contributed by atoms with Crippen LogP contribution >= 0.6 is 0 Å². The third kappa shape index (κ3) is 3.76. The largest absolute Gasteiger partial charge is 0.346 e. The van der Waals surface area contributed by atoms with Crippen molar-refractivity contribution in [3.05, 3.63) is 11.6 Å². The molecule has 0 saturated heterocycles.